The number of hydrogen-bond donors (Lipinski definition) is 7. The zero-order valence-corrected chi connectivity index (χ0v) is 60.1. The zero-order valence-electron chi connectivity index (χ0n) is 59.2. The van der Waals surface area contributed by atoms with Gasteiger partial charge in [-0.2, -0.15) is 4.31 Å². The number of carbonyl (C=O) groups is 6. The Balaban J connectivity index is 1.10. The second-order valence-electron chi connectivity index (χ2n) is 28.4. The van der Waals surface area contributed by atoms with Gasteiger partial charge in [0.05, 0.1) is 60.9 Å². The number of allylic oxidation sites excluding steroid dienone is 5. The van der Waals surface area contributed by atoms with Crippen LogP contribution in [0, 0.1) is 35.5 Å². The monoisotopic (exact) mass is 1400 g/mol. The van der Waals surface area contributed by atoms with E-state index in [2.05, 4.69) is 10.6 Å². The van der Waals surface area contributed by atoms with E-state index < -0.39 is 124 Å². The fourth-order valence-electron chi connectivity index (χ4n) is 14.3. The molecule has 3 amide bonds. The highest BCUT2D eigenvalue weighted by Gasteiger charge is 2.56. The molecule has 1 aliphatic carbocycles. The Morgan fingerprint density at radius 3 is 2.20 bits per heavy atom. The number of nitrogens with zero attached hydrogens (tertiary/aromatic N) is 2. The van der Waals surface area contributed by atoms with E-state index in [0.29, 0.717) is 55.6 Å². The first-order chi connectivity index (χ1) is 47.0. The van der Waals surface area contributed by atoms with Gasteiger partial charge in [0.15, 0.2) is 0 Å². The van der Waals surface area contributed by atoms with Crippen LogP contribution >= 0.6 is 0 Å². The SMILES string of the molecule is COc1ccc(S(=O)(=O)N(CC(C)C)C[C@H](O)[C@@H](Cc2ccccc2)NC(=O)CC(Cc2ccco2)NC(=O)CC/C=C/C[C@@H]2/C=C(\C)C[C@H](C)C[C@H](O)[C@H]3O[C@@](O)(C(=O)C(=O)N4CCCC[C@H]4C(=O)O[C@H](/C(C)=C/[C@@H]4CC[C@@H](O)[C@H](OC)C4)[C@H](C)[C@@H](O)CC2=O)[C@H](C)C[C@@H]3OC)cc1. The fraction of sp³-hybridized carbons (Fsp3) is 0.627. The lowest BCUT2D eigenvalue weighted by Gasteiger charge is -2.46. The average molecular weight is 1400 g/mol. The Morgan fingerprint density at radius 2 is 1.54 bits per heavy atom. The molecule has 3 aromatic rings. The van der Waals surface area contributed by atoms with Crippen LogP contribution in [0.25, 0.3) is 0 Å². The maximum atomic E-state index is 14.8. The van der Waals surface area contributed by atoms with E-state index in [1.54, 1.807) is 57.2 Å². The third-order valence-electron chi connectivity index (χ3n) is 19.9. The summed E-state index contributed by atoms with van der Waals surface area (Å²) in [4.78, 5) is 87.7. The van der Waals surface area contributed by atoms with Crippen molar-refractivity contribution in [3.05, 3.63) is 120 Å². The summed E-state index contributed by atoms with van der Waals surface area (Å²) in [6, 6.07) is 15.6. The molecule has 3 fully saturated rings. The average Bonchev–Trinajstić information content (AvgIpc) is 1.40. The first kappa shape index (κ1) is 79.9. The highest BCUT2D eigenvalue weighted by atomic mass is 32.2. The highest BCUT2D eigenvalue weighted by Crippen LogP contribution is 2.39. The molecule has 0 spiro atoms. The summed E-state index contributed by atoms with van der Waals surface area (Å²) in [5, 5.41) is 64.8. The van der Waals surface area contributed by atoms with Crippen molar-refractivity contribution in [2.75, 3.05) is 41.0 Å². The Hall–Kier alpha value is -6.45. The molecule has 99 heavy (non-hydrogen) atoms. The lowest BCUT2D eigenvalue weighted by atomic mass is 9.81. The van der Waals surface area contributed by atoms with Gasteiger partial charge in [0.1, 0.15) is 35.5 Å². The van der Waals surface area contributed by atoms with Gasteiger partial charge in [0.25, 0.3) is 11.7 Å². The van der Waals surface area contributed by atoms with E-state index >= 15 is 0 Å². The van der Waals surface area contributed by atoms with E-state index in [1.165, 1.54) is 44.0 Å². The Kier molecular flexibility index (Phi) is 30.2. The van der Waals surface area contributed by atoms with Crippen molar-refractivity contribution < 1.29 is 90.8 Å². The van der Waals surface area contributed by atoms with E-state index in [0.717, 1.165) is 16.0 Å². The van der Waals surface area contributed by atoms with Crippen LogP contribution in [0.15, 0.2) is 118 Å². The van der Waals surface area contributed by atoms with Gasteiger partial charge in [-0.05, 0) is 156 Å². The molecule has 1 saturated carbocycles. The summed E-state index contributed by atoms with van der Waals surface area (Å²) in [5.74, 6) is -9.38. The van der Waals surface area contributed by atoms with Crippen molar-refractivity contribution in [3.8, 4) is 5.75 Å². The molecule has 0 radical (unpaired) electrons. The second-order valence-corrected chi connectivity index (χ2v) is 30.3. The number of cyclic esters (lactones) is 1. The van der Waals surface area contributed by atoms with Crippen molar-refractivity contribution in [2.24, 2.45) is 35.5 Å². The molecule has 1 aromatic heterocycles. The van der Waals surface area contributed by atoms with Gasteiger partial charge >= 0.3 is 5.97 Å². The van der Waals surface area contributed by atoms with Crippen molar-refractivity contribution >= 4 is 45.3 Å². The molecule has 7 rings (SSSR count). The van der Waals surface area contributed by atoms with Crippen molar-refractivity contribution in [2.45, 2.75) is 229 Å². The number of sulfonamides is 1. The van der Waals surface area contributed by atoms with Gasteiger partial charge in [-0.1, -0.05) is 94.8 Å². The number of aliphatic hydroxyl groups is 5. The van der Waals surface area contributed by atoms with Crippen LogP contribution in [0.3, 0.4) is 0 Å². The van der Waals surface area contributed by atoms with Gasteiger partial charge in [0.2, 0.25) is 27.6 Å². The third-order valence-corrected chi connectivity index (χ3v) is 21.7. The summed E-state index contributed by atoms with van der Waals surface area (Å²) in [7, 11) is 0.319. The summed E-state index contributed by atoms with van der Waals surface area (Å²) in [6.45, 7) is 12.2. The summed E-state index contributed by atoms with van der Waals surface area (Å²) < 4.78 is 64.3. The molecule has 1 unspecified atom stereocenters. The standard InChI is InChI=1S/C75H108N4O19S/c1-46(2)44-78(99(91,92)58-29-27-56(93-8)28-30-58)45-65(84)59(39-52-20-13-11-14-21-52)77-69(86)42-55(41-57-23-19-33-96-57)76-68(85)25-16-12-15-22-54-35-47(3)34-48(4)36-64(83)71-67(95-10)38-50(6)75(90,98-71)72(87)73(88)79-32-18-17-24-60(79)74(89)97-70(51(7)62(81)43-63(54)82)49(5)37-53-26-31-61(80)66(40-53)94-9/h11-15,19-21,23,27-30,33,35,37,46,48,50-51,53-55,59-62,64-67,70-71,80-81,83-84,90H,16-18,22,24-26,31-32,34,36,38-45H2,1-10H3,(H,76,85)(H,77,86)/b15-12+,47-35+,49-37+/t48-,50+,51+,53-,54+,55?,59+,60-,61+,62-,64-,65-,66+,67-,70+,71+,75+/m0/s1. The predicted octanol–water partition coefficient (Wildman–Crippen LogP) is 7.29. The van der Waals surface area contributed by atoms with E-state index in [1.807, 2.05) is 70.2 Å². The third kappa shape index (κ3) is 22.3. The summed E-state index contributed by atoms with van der Waals surface area (Å²) >= 11 is 0. The number of aliphatic hydroxyl groups excluding tert-OH is 4. The number of ketones is 2. The molecule has 2 aromatic carbocycles. The smallest absolute Gasteiger partial charge is 0.329 e. The molecule has 2 saturated heterocycles. The number of Topliss-reactive ketones (excluding diaryl/α,β-unsaturated/α-hetero) is 2. The Morgan fingerprint density at radius 1 is 0.818 bits per heavy atom. The van der Waals surface area contributed by atoms with Crippen molar-refractivity contribution in [1.29, 1.82) is 0 Å². The number of esters is 1. The molecule has 7 N–H and O–H groups in total. The van der Waals surface area contributed by atoms with Crippen LogP contribution in [0.2, 0.25) is 0 Å². The van der Waals surface area contributed by atoms with Crippen LogP contribution in [-0.2, 0) is 70.6 Å². The predicted molar refractivity (Wildman–Crippen MR) is 370 cm³/mol. The summed E-state index contributed by atoms with van der Waals surface area (Å²) in [5.41, 5.74) is 2.12. The fourth-order valence-corrected chi connectivity index (χ4v) is 15.9. The van der Waals surface area contributed by atoms with Gasteiger partial charge < -0.3 is 69.2 Å². The topological polar surface area (TPSA) is 328 Å². The Labute approximate surface area is 584 Å². The quantitative estimate of drug-likeness (QED) is 0.0249. The van der Waals surface area contributed by atoms with Crippen molar-refractivity contribution in [1.82, 2.24) is 19.8 Å². The normalized spacial score (nSPS) is 29.8. The number of nitrogens with one attached hydrogen (secondary N) is 2. The molecule has 17 atom stereocenters. The number of fused-ring (bicyclic) bond motifs is 3. The van der Waals surface area contributed by atoms with Crippen LogP contribution < -0.4 is 15.4 Å². The molecule has 548 valence electrons. The number of piperidine rings is 1. The highest BCUT2D eigenvalue weighted by molar-refractivity contribution is 7.89. The molecule has 23 nitrogen and oxygen atoms in total. The van der Waals surface area contributed by atoms with Gasteiger partial charge in [-0.15, -0.1) is 0 Å². The van der Waals surface area contributed by atoms with E-state index in [9.17, 15) is 62.7 Å². The van der Waals surface area contributed by atoms with Crippen molar-refractivity contribution in [3.63, 3.8) is 0 Å². The lowest BCUT2D eigenvalue weighted by Crippen LogP contribution is -2.64. The number of carbonyl (C=O) groups excluding carboxylic acids is 6. The number of methoxy groups -OCH3 is 3. The first-order valence-electron chi connectivity index (χ1n) is 35.1. The lowest BCUT2D eigenvalue weighted by molar-refractivity contribution is -0.301. The van der Waals surface area contributed by atoms with Crippen LogP contribution in [0.5, 0.6) is 5.75 Å². The molecule has 4 aliphatic rings. The molecule has 4 heterocycles. The number of benzene rings is 2. The largest absolute Gasteiger partial charge is 0.497 e. The minimum absolute atomic E-state index is 0.00611. The molecule has 3 aliphatic heterocycles. The van der Waals surface area contributed by atoms with Crippen LogP contribution in [0.1, 0.15) is 150 Å². The Bertz CT molecular complexity index is 3320. The molecular weight excluding hydrogens is 1290 g/mol. The maximum Gasteiger partial charge on any atom is 0.329 e. The number of rotatable bonds is 25. The second kappa shape index (κ2) is 37.5. The number of ether oxygens (including phenoxy) is 5. The van der Waals surface area contributed by atoms with Gasteiger partial charge in [-0.3, -0.25) is 24.0 Å². The van der Waals surface area contributed by atoms with E-state index in [4.69, 9.17) is 28.1 Å². The molecule has 2 bridgehead atoms. The molecular formula is C75H108N4O19S. The number of furan rings is 1. The maximum absolute atomic E-state index is 14.8. The molecule has 24 heteroatoms. The number of amides is 3. The van der Waals surface area contributed by atoms with Crippen LogP contribution in [0.4, 0.5) is 0 Å². The first-order valence-corrected chi connectivity index (χ1v) is 36.6. The van der Waals surface area contributed by atoms with Gasteiger partial charge in [-0.25, -0.2) is 13.2 Å². The zero-order chi connectivity index (χ0) is 72.3. The minimum Gasteiger partial charge on any atom is -0.497 e. The van der Waals surface area contributed by atoms with Gasteiger partial charge in [0, 0.05) is 83.3 Å². The van der Waals surface area contributed by atoms with E-state index in [-0.39, 0.29) is 118 Å². The minimum atomic E-state index is -4.12. The number of hydrogen-bond acceptors (Lipinski definition) is 19. The van der Waals surface area contributed by atoms with Crippen LogP contribution in [-0.4, -0.2) is 192 Å². The summed E-state index contributed by atoms with van der Waals surface area (Å²) in [6.07, 6.45) is 3.70.